The third-order valence-corrected chi connectivity index (χ3v) is 2.47. The molecule has 18 heavy (non-hydrogen) atoms. The number of halogens is 3. The molecule has 0 radical (unpaired) electrons. The molecule has 0 aromatic heterocycles. The maximum atomic E-state index is 13.4. The molecule has 0 fully saturated rings. The molecule has 3 N–H and O–H groups in total. The molecule has 0 heterocycles. The summed E-state index contributed by atoms with van der Waals surface area (Å²) in [6, 6.07) is 7.26. The summed E-state index contributed by atoms with van der Waals surface area (Å²) in [5.41, 5.74) is 6.02. The van der Waals surface area contributed by atoms with Crippen LogP contribution in [0.3, 0.4) is 0 Å². The van der Waals surface area contributed by atoms with Crippen molar-refractivity contribution in [3.63, 3.8) is 0 Å². The van der Waals surface area contributed by atoms with Crippen molar-refractivity contribution >= 4 is 11.4 Å². The molecule has 0 amide bonds. The molecule has 5 heteroatoms. The van der Waals surface area contributed by atoms with Crippen LogP contribution in [0.25, 0.3) is 0 Å². The molecule has 0 saturated carbocycles. The fourth-order valence-corrected chi connectivity index (χ4v) is 1.54. The highest BCUT2D eigenvalue weighted by molar-refractivity contribution is 5.52. The number of benzene rings is 2. The van der Waals surface area contributed by atoms with E-state index in [0.29, 0.717) is 5.69 Å². The lowest BCUT2D eigenvalue weighted by Crippen LogP contribution is -2.04. The highest BCUT2D eigenvalue weighted by Gasteiger charge is 2.06. The lowest BCUT2D eigenvalue weighted by atomic mass is 10.2. The van der Waals surface area contributed by atoms with Crippen LogP contribution in [0.2, 0.25) is 0 Å². The molecular formula is C13H11F3N2. The van der Waals surface area contributed by atoms with Crippen LogP contribution in [0.4, 0.5) is 24.5 Å². The molecule has 2 aromatic rings. The SMILES string of the molecule is Nc1ccc(NCc2cc(F)ccc2F)c(F)c1. The minimum absolute atomic E-state index is 0.00949. The topological polar surface area (TPSA) is 38.0 Å². The van der Waals surface area contributed by atoms with Crippen LogP contribution >= 0.6 is 0 Å². The van der Waals surface area contributed by atoms with Crippen molar-refractivity contribution in [3.8, 4) is 0 Å². The third kappa shape index (κ3) is 2.74. The van der Waals surface area contributed by atoms with E-state index in [0.717, 1.165) is 24.3 Å². The zero-order chi connectivity index (χ0) is 13.1. The number of hydrogen-bond donors (Lipinski definition) is 2. The van der Waals surface area contributed by atoms with Gasteiger partial charge in [0.15, 0.2) is 0 Å². The second-order valence-corrected chi connectivity index (χ2v) is 3.83. The molecule has 0 spiro atoms. The summed E-state index contributed by atoms with van der Waals surface area (Å²) in [6.45, 7) is -0.00949. The van der Waals surface area contributed by atoms with E-state index in [-0.39, 0.29) is 17.8 Å². The Hall–Kier alpha value is -2.17. The maximum absolute atomic E-state index is 13.4. The van der Waals surface area contributed by atoms with Crippen molar-refractivity contribution in [1.82, 2.24) is 0 Å². The monoisotopic (exact) mass is 252 g/mol. The van der Waals surface area contributed by atoms with Crippen LogP contribution in [0.5, 0.6) is 0 Å². The van der Waals surface area contributed by atoms with Gasteiger partial charge in [-0.05, 0) is 36.4 Å². The zero-order valence-corrected chi connectivity index (χ0v) is 9.38. The fourth-order valence-electron chi connectivity index (χ4n) is 1.54. The molecule has 0 aliphatic rings. The molecule has 2 rings (SSSR count). The number of rotatable bonds is 3. The Bertz CT molecular complexity index is 570. The molecule has 2 nitrogen and oxygen atoms in total. The smallest absolute Gasteiger partial charge is 0.148 e. The quantitative estimate of drug-likeness (QED) is 0.822. The highest BCUT2D eigenvalue weighted by atomic mass is 19.1. The van der Waals surface area contributed by atoms with E-state index in [9.17, 15) is 13.2 Å². The van der Waals surface area contributed by atoms with E-state index in [1.807, 2.05) is 0 Å². The van der Waals surface area contributed by atoms with Crippen molar-refractivity contribution in [3.05, 3.63) is 59.4 Å². The van der Waals surface area contributed by atoms with Crippen LogP contribution < -0.4 is 11.1 Å². The van der Waals surface area contributed by atoms with Crippen LogP contribution in [-0.2, 0) is 6.54 Å². The molecule has 0 unspecified atom stereocenters. The lowest BCUT2D eigenvalue weighted by molar-refractivity contribution is 0.587. The van der Waals surface area contributed by atoms with Gasteiger partial charge in [0, 0.05) is 17.8 Å². The zero-order valence-electron chi connectivity index (χ0n) is 9.38. The average molecular weight is 252 g/mol. The molecule has 0 saturated heterocycles. The number of nitrogens with two attached hydrogens (primary N) is 1. The summed E-state index contributed by atoms with van der Waals surface area (Å²) < 4.78 is 39.7. The maximum Gasteiger partial charge on any atom is 0.148 e. The third-order valence-electron chi connectivity index (χ3n) is 2.47. The van der Waals surface area contributed by atoms with Gasteiger partial charge in [0.1, 0.15) is 17.5 Å². The highest BCUT2D eigenvalue weighted by Crippen LogP contribution is 2.18. The van der Waals surface area contributed by atoms with Gasteiger partial charge in [-0.25, -0.2) is 13.2 Å². The predicted molar refractivity (Wildman–Crippen MR) is 64.5 cm³/mol. The fraction of sp³-hybridized carbons (Fsp3) is 0.0769. The van der Waals surface area contributed by atoms with Crippen LogP contribution in [0.1, 0.15) is 5.56 Å². The van der Waals surface area contributed by atoms with Gasteiger partial charge in [0.2, 0.25) is 0 Å². The van der Waals surface area contributed by atoms with E-state index in [1.165, 1.54) is 12.1 Å². The summed E-state index contributed by atoms with van der Waals surface area (Å²) >= 11 is 0. The van der Waals surface area contributed by atoms with Crippen LogP contribution in [0, 0.1) is 17.5 Å². The molecule has 0 aliphatic heterocycles. The molecular weight excluding hydrogens is 241 g/mol. The number of hydrogen-bond acceptors (Lipinski definition) is 2. The van der Waals surface area contributed by atoms with Crippen LogP contribution in [-0.4, -0.2) is 0 Å². The molecule has 94 valence electrons. The first-order chi connectivity index (χ1) is 8.56. The summed E-state index contributed by atoms with van der Waals surface area (Å²) in [6.07, 6.45) is 0. The Morgan fingerprint density at radius 1 is 0.944 bits per heavy atom. The van der Waals surface area contributed by atoms with Crippen LogP contribution in [0.15, 0.2) is 36.4 Å². The standard InChI is InChI=1S/C13H11F3N2/c14-9-1-3-11(15)8(5-9)7-18-13-4-2-10(17)6-12(13)16/h1-6,18H,7,17H2. The van der Waals surface area contributed by atoms with Gasteiger partial charge < -0.3 is 11.1 Å². The van der Waals surface area contributed by atoms with Crippen molar-refractivity contribution in [1.29, 1.82) is 0 Å². The number of anilines is 2. The predicted octanol–water partition coefficient (Wildman–Crippen LogP) is 3.30. The van der Waals surface area contributed by atoms with Gasteiger partial charge in [-0.3, -0.25) is 0 Å². The largest absolute Gasteiger partial charge is 0.399 e. The minimum atomic E-state index is -0.542. The molecule has 0 aliphatic carbocycles. The number of nitrogen functional groups attached to an aromatic ring is 1. The Labute approximate surface area is 102 Å². The van der Waals surface area contributed by atoms with Crippen molar-refractivity contribution in [2.45, 2.75) is 6.54 Å². The Morgan fingerprint density at radius 2 is 1.72 bits per heavy atom. The molecule has 2 aromatic carbocycles. The van der Waals surface area contributed by atoms with Crippen molar-refractivity contribution in [2.24, 2.45) is 0 Å². The average Bonchev–Trinajstić information content (AvgIpc) is 2.32. The summed E-state index contributed by atoms with van der Waals surface area (Å²) in [5.74, 6) is -1.61. The van der Waals surface area contributed by atoms with Crippen molar-refractivity contribution < 1.29 is 13.2 Å². The van der Waals surface area contributed by atoms with Crippen molar-refractivity contribution in [2.75, 3.05) is 11.1 Å². The Kier molecular flexibility index (Phi) is 3.41. The Balaban J connectivity index is 2.13. The van der Waals surface area contributed by atoms with E-state index >= 15 is 0 Å². The first kappa shape index (κ1) is 12.3. The summed E-state index contributed by atoms with van der Waals surface area (Å²) in [7, 11) is 0. The first-order valence-electron chi connectivity index (χ1n) is 5.29. The minimum Gasteiger partial charge on any atom is -0.399 e. The second-order valence-electron chi connectivity index (χ2n) is 3.83. The normalized spacial score (nSPS) is 10.4. The van der Waals surface area contributed by atoms with E-state index < -0.39 is 17.5 Å². The first-order valence-corrected chi connectivity index (χ1v) is 5.29. The van der Waals surface area contributed by atoms with E-state index in [2.05, 4.69) is 5.32 Å². The number of nitrogens with one attached hydrogen (secondary N) is 1. The van der Waals surface area contributed by atoms with Gasteiger partial charge in [0.05, 0.1) is 5.69 Å². The summed E-state index contributed by atoms with van der Waals surface area (Å²) in [4.78, 5) is 0. The lowest BCUT2D eigenvalue weighted by Gasteiger charge is -2.09. The van der Waals surface area contributed by atoms with Gasteiger partial charge in [-0.15, -0.1) is 0 Å². The van der Waals surface area contributed by atoms with Gasteiger partial charge in [-0.1, -0.05) is 0 Å². The van der Waals surface area contributed by atoms with Gasteiger partial charge in [0.25, 0.3) is 0 Å². The Morgan fingerprint density at radius 3 is 2.44 bits per heavy atom. The molecule has 0 bridgehead atoms. The van der Waals surface area contributed by atoms with Gasteiger partial charge >= 0.3 is 0 Å². The van der Waals surface area contributed by atoms with E-state index in [4.69, 9.17) is 5.73 Å². The molecule has 0 atom stereocenters. The van der Waals surface area contributed by atoms with Gasteiger partial charge in [-0.2, -0.15) is 0 Å². The van der Waals surface area contributed by atoms with E-state index in [1.54, 1.807) is 0 Å². The second kappa shape index (κ2) is 5.00. The summed E-state index contributed by atoms with van der Waals surface area (Å²) in [5, 5.41) is 2.69.